The molecule has 4 heteroatoms. The van der Waals surface area contributed by atoms with Crippen molar-refractivity contribution in [3.8, 4) is 0 Å². The molecule has 0 fully saturated rings. The Morgan fingerprint density at radius 2 is 1.89 bits per heavy atom. The Kier molecular flexibility index (Phi) is 5.99. The van der Waals surface area contributed by atoms with Crippen molar-refractivity contribution >= 4 is 5.91 Å². The van der Waals surface area contributed by atoms with Crippen molar-refractivity contribution in [2.24, 2.45) is 5.73 Å². The first kappa shape index (κ1) is 15.7. The molecule has 0 saturated heterocycles. The van der Waals surface area contributed by atoms with Gasteiger partial charge in [-0.3, -0.25) is 9.69 Å². The van der Waals surface area contributed by atoms with Crippen molar-refractivity contribution in [3.63, 3.8) is 0 Å². The lowest BCUT2D eigenvalue weighted by Crippen LogP contribution is -2.39. The molecule has 0 bridgehead atoms. The van der Waals surface area contributed by atoms with E-state index >= 15 is 0 Å². The second kappa shape index (κ2) is 7.26. The van der Waals surface area contributed by atoms with Crippen LogP contribution in [-0.2, 0) is 17.9 Å². The summed E-state index contributed by atoms with van der Waals surface area (Å²) in [6, 6.07) is 8.41. The SMILES string of the molecule is CC(C)N(C)C(=O)CN(C)Cc1cccc(CN)c1. The second-order valence-electron chi connectivity index (χ2n) is 5.29. The largest absolute Gasteiger partial charge is 0.342 e. The van der Waals surface area contributed by atoms with Crippen molar-refractivity contribution in [1.82, 2.24) is 9.80 Å². The van der Waals surface area contributed by atoms with Gasteiger partial charge in [0, 0.05) is 26.2 Å². The molecule has 0 saturated carbocycles. The molecule has 0 aromatic heterocycles. The number of hydrogen-bond donors (Lipinski definition) is 1. The Morgan fingerprint density at radius 1 is 1.26 bits per heavy atom. The number of carbonyl (C=O) groups is 1. The van der Waals surface area contributed by atoms with Gasteiger partial charge in [-0.2, -0.15) is 0 Å². The van der Waals surface area contributed by atoms with Crippen LogP contribution in [0.4, 0.5) is 0 Å². The lowest BCUT2D eigenvalue weighted by molar-refractivity contribution is -0.132. The highest BCUT2D eigenvalue weighted by atomic mass is 16.2. The maximum atomic E-state index is 12.0. The quantitative estimate of drug-likeness (QED) is 0.845. The van der Waals surface area contributed by atoms with Crippen molar-refractivity contribution in [1.29, 1.82) is 0 Å². The monoisotopic (exact) mass is 263 g/mol. The van der Waals surface area contributed by atoms with E-state index in [9.17, 15) is 4.79 Å². The van der Waals surface area contributed by atoms with Crippen LogP contribution in [0.1, 0.15) is 25.0 Å². The number of rotatable bonds is 6. The van der Waals surface area contributed by atoms with Crippen LogP contribution in [0, 0.1) is 0 Å². The average molecular weight is 263 g/mol. The van der Waals surface area contributed by atoms with E-state index in [2.05, 4.69) is 12.1 Å². The van der Waals surface area contributed by atoms with Gasteiger partial charge in [0.05, 0.1) is 6.54 Å². The van der Waals surface area contributed by atoms with E-state index < -0.39 is 0 Å². The van der Waals surface area contributed by atoms with Crippen LogP contribution in [0.2, 0.25) is 0 Å². The predicted octanol–water partition coefficient (Wildman–Crippen LogP) is 1.44. The molecule has 2 N–H and O–H groups in total. The third-order valence-electron chi connectivity index (χ3n) is 3.25. The molecule has 1 aromatic rings. The van der Waals surface area contributed by atoms with Crippen LogP contribution in [0.3, 0.4) is 0 Å². The molecule has 4 nitrogen and oxygen atoms in total. The summed E-state index contributed by atoms with van der Waals surface area (Å²) >= 11 is 0. The Balaban J connectivity index is 2.55. The number of nitrogens with zero attached hydrogens (tertiary/aromatic N) is 2. The summed E-state index contributed by atoms with van der Waals surface area (Å²) in [7, 11) is 3.80. The number of hydrogen-bond acceptors (Lipinski definition) is 3. The lowest BCUT2D eigenvalue weighted by atomic mass is 10.1. The molecular weight excluding hydrogens is 238 g/mol. The van der Waals surface area contributed by atoms with Crippen molar-refractivity contribution < 1.29 is 4.79 Å². The Labute approximate surface area is 116 Å². The van der Waals surface area contributed by atoms with E-state index in [0.717, 1.165) is 12.1 Å². The second-order valence-corrected chi connectivity index (χ2v) is 5.29. The molecule has 0 aliphatic rings. The third-order valence-corrected chi connectivity index (χ3v) is 3.25. The predicted molar refractivity (Wildman–Crippen MR) is 78.6 cm³/mol. The standard InChI is InChI=1S/C15H25N3O/c1-12(2)18(4)15(19)11-17(3)10-14-7-5-6-13(8-14)9-16/h5-8,12H,9-11,16H2,1-4H3. The average Bonchev–Trinajstić information content (AvgIpc) is 2.37. The fourth-order valence-corrected chi connectivity index (χ4v) is 1.85. The van der Waals surface area contributed by atoms with E-state index in [1.165, 1.54) is 5.56 Å². The van der Waals surface area contributed by atoms with Gasteiger partial charge in [0.15, 0.2) is 0 Å². The molecule has 0 atom stereocenters. The van der Waals surface area contributed by atoms with Crippen LogP contribution in [0.15, 0.2) is 24.3 Å². The van der Waals surface area contributed by atoms with Crippen molar-refractivity contribution in [2.45, 2.75) is 33.0 Å². The highest BCUT2D eigenvalue weighted by Gasteiger charge is 2.14. The fraction of sp³-hybridized carbons (Fsp3) is 0.533. The Hall–Kier alpha value is -1.39. The number of nitrogens with two attached hydrogens (primary N) is 1. The van der Waals surface area contributed by atoms with Gasteiger partial charge in [0.25, 0.3) is 0 Å². The summed E-state index contributed by atoms with van der Waals surface area (Å²) in [6.07, 6.45) is 0. The van der Waals surface area contributed by atoms with Gasteiger partial charge in [-0.25, -0.2) is 0 Å². The van der Waals surface area contributed by atoms with Gasteiger partial charge < -0.3 is 10.6 Å². The summed E-state index contributed by atoms with van der Waals surface area (Å²) in [5.74, 6) is 0.146. The maximum absolute atomic E-state index is 12.0. The molecule has 0 radical (unpaired) electrons. The summed E-state index contributed by atoms with van der Waals surface area (Å²) in [5.41, 5.74) is 7.94. The molecule has 1 aromatic carbocycles. The van der Waals surface area contributed by atoms with Crippen LogP contribution in [0.25, 0.3) is 0 Å². The molecule has 19 heavy (non-hydrogen) atoms. The summed E-state index contributed by atoms with van der Waals surface area (Å²) in [4.78, 5) is 15.8. The maximum Gasteiger partial charge on any atom is 0.236 e. The molecule has 106 valence electrons. The first-order valence-electron chi connectivity index (χ1n) is 6.66. The molecule has 1 amide bonds. The fourth-order valence-electron chi connectivity index (χ4n) is 1.85. The van der Waals surface area contributed by atoms with Gasteiger partial charge in [-0.05, 0) is 32.0 Å². The smallest absolute Gasteiger partial charge is 0.236 e. The Morgan fingerprint density at radius 3 is 2.47 bits per heavy atom. The van der Waals surface area contributed by atoms with E-state index in [-0.39, 0.29) is 11.9 Å². The van der Waals surface area contributed by atoms with Crippen molar-refractivity contribution in [3.05, 3.63) is 35.4 Å². The van der Waals surface area contributed by atoms with Crippen LogP contribution in [0.5, 0.6) is 0 Å². The molecule has 1 rings (SSSR count). The molecular formula is C15H25N3O. The van der Waals surface area contributed by atoms with E-state index in [1.807, 2.05) is 45.0 Å². The van der Waals surface area contributed by atoms with E-state index in [1.54, 1.807) is 4.90 Å². The summed E-state index contributed by atoms with van der Waals surface area (Å²) < 4.78 is 0. The van der Waals surface area contributed by atoms with E-state index in [4.69, 9.17) is 5.73 Å². The van der Waals surface area contributed by atoms with E-state index in [0.29, 0.717) is 13.1 Å². The van der Waals surface area contributed by atoms with Gasteiger partial charge in [0.2, 0.25) is 5.91 Å². The van der Waals surface area contributed by atoms with Gasteiger partial charge in [0.1, 0.15) is 0 Å². The summed E-state index contributed by atoms with van der Waals surface area (Å²) in [6.45, 7) is 5.77. The van der Waals surface area contributed by atoms with Gasteiger partial charge in [-0.1, -0.05) is 24.3 Å². The van der Waals surface area contributed by atoms with Gasteiger partial charge in [-0.15, -0.1) is 0 Å². The zero-order valence-electron chi connectivity index (χ0n) is 12.4. The molecule has 0 aliphatic heterocycles. The van der Waals surface area contributed by atoms with Crippen LogP contribution < -0.4 is 5.73 Å². The number of amides is 1. The molecule has 0 aliphatic carbocycles. The topological polar surface area (TPSA) is 49.6 Å². The highest BCUT2D eigenvalue weighted by molar-refractivity contribution is 5.78. The number of carbonyl (C=O) groups excluding carboxylic acids is 1. The molecule has 0 spiro atoms. The molecule has 0 heterocycles. The van der Waals surface area contributed by atoms with Crippen LogP contribution in [-0.4, -0.2) is 42.4 Å². The van der Waals surface area contributed by atoms with Crippen molar-refractivity contribution in [2.75, 3.05) is 20.6 Å². The number of benzene rings is 1. The van der Waals surface area contributed by atoms with Crippen LogP contribution >= 0.6 is 0 Å². The Bertz CT molecular complexity index is 418. The first-order valence-corrected chi connectivity index (χ1v) is 6.66. The minimum Gasteiger partial charge on any atom is -0.342 e. The highest BCUT2D eigenvalue weighted by Crippen LogP contribution is 2.07. The zero-order valence-corrected chi connectivity index (χ0v) is 12.4. The minimum absolute atomic E-state index is 0.146. The lowest BCUT2D eigenvalue weighted by Gasteiger charge is -2.25. The third kappa shape index (κ3) is 5.01. The minimum atomic E-state index is 0.146. The first-order chi connectivity index (χ1) is 8.93. The van der Waals surface area contributed by atoms with Gasteiger partial charge >= 0.3 is 0 Å². The zero-order chi connectivity index (χ0) is 14.4. The number of likely N-dealkylation sites (N-methyl/N-ethyl adjacent to an activating group) is 2. The summed E-state index contributed by atoms with van der Waals surface area (Å²) in [5, 5.41) is 0. The normalized spacial score (nSPS) is 11.1. The molecule has 0 unspecified atom stereocenters.